The molecule has 0 aromatic heterocycles. The van der Waals surface area contributed by atoms with Crippen LogP contribution in [0.5, 0.6) is 0 Å². The van der Waals surface area contributed by atoms with Gasteiger partial charge in [0.15, 0.2) is 0 Å². The quantitative estimate of drug-likeness (QED) is 0.790. The van der Waals surface area contributed by atoms with Crippen molar-refractivity contribution in [1.82, 2.24) is 5.32 Å². The maximum Gasteiger partial charge on any atom is 0.0587 e. The van der Waals surface area contributed by atoms with Gasteiger partial charge in [-0.05, 0) is 37.2 Å². The monoisotopic (exact) mass is 233 g/mol. The van der Waals surface area contributed by atoms with Crippen LogP contribution in [0.15, 0.2) is 30.3 Å². The predicted octanol–water partition coefficient (Wildman–Crippen LogP) is 2.95. The lowest BCUT2D eigenvalue weighted by Crippen LogP contribution is -2.34. The van der Waals surface area contributed by atoms with Gasteiger partial charge >= 0.3 is 0 Å². The third-order valence-corrected chi connectivity index (χ3v) is 3.74. The second-order valence-corrected chi connectivity index (χ2v) is 4.91. The topological polar surface area (TPSA) is 21.3 Å². The van der Waals surface area contributed by atoms with Crippen LogP contribution in [0.4, 0.5) is 0 Å². The molecule has 0 atom stereocenters. The summed E-state index contributed by atoms with van der Waals surface area (Å²) < 4.78 is 5.06. The molecule has 0 unspecified atom stereocenters. The van der Waals surface area contributed by atoms with E-state index in [0.29, 0.717) is 6.04 Å². The Balaban J connectivity index is 1.74. The Bertz CT molecular complexity index is 304. The van der Waals surface area contributed by atoms with Gasteiger partial charge < -0.3 is 10.1 Å². The average molecular weight is 233 g/mol. The molecule has 0 radical (unpaired) electrons. The number of hydrogen-bond acceptors (Lipinski definition) is 2. The fourth-order valence-electron chi connectivity index (χ4n) is 2.72. The summed E-state index contributed by atoms with van der Waals surface area (Å²) in [6.45, 7) is 1.80. The van der Waals surface area contributed by atoms with Crippen molar-refractivity contribution in [2.24, 2.45) is 0 Å². The van der Waals surface area contributed by atoms with Gasteiger partial charge in [-0.1, -0.05) is 30.3 Å². The molecule has 0 saturated heterocycles. The molecule has 0 bridgehead atoms. The Morgan fingerprint density at radius 1 is 1.12 bits per heavy atom. The van der Waals surface area contributed by atoms with Crippen molar-refractivity contribution < 1.29 is 4.74 Å². The summed E-state index contributed by atoms with van der Waals surface area (Å²) in [4.78, 5) is 0. The number of methoxy groups -OCH3 is 1. The van der Waals surface area contributed by atoms with Crippen molar-refractivity contribution in [1.29, 1.82) is 0 Å². The lowest BCUT2D eigenvalue weighted by atomic mass is 9.82. The zero-order valence-electron chi connectivity index (χ0n) is 10.7. The molecule has 1 aliphatic rings. The Labute approximate surface area is 104 Å². The van der Waals surface area contributed by atoms with Gasteiger partial charge in [-0.15, -0.1) is 0 Å². The Kier molecular flexibility index (Phi) is 5.02. The van der Waals surface area contributed by atoms with Crippen LogP contribution in [0, 0.1) is 0 Å². The van der Waals surface area contributed by atoms with E-state index in [-0.39, 0.29) is 0 Å². The van der Waals surface area contributed by atoms with E-state index in [2.05, 4.69) is 35.6 Å². The summed E-state index contributed by atoms with van der Waals surface area (Å²) in [5.41, 5.74) is 1.52. The zero-order valence-corrected chi connectivity index (χ0v) is 10.7. The SMILES string of the molecule is COCCNC1CCC(c2ccccc2)CC1. The van der Waals surface area contributed by atoms with Gasteiger partial charge in [0.05, 0.1) is 6.61 Å². The number of hydrogen-bond donors (Lipinski definition) is 1. The standard InChI is InChI=1S/C15H23NO/c1-17-12-11-16-15-9-7-14(8-10-15)13-5-3-2-4-6-13/h2-6,14-16H,7-12H2,1H3. The van der Waals surface area contributed by atoms with E-state index >= 15 is 0 Å². The summed E-state index contributed by atoms with van der Waals surface area (Å²) in [5, 5.41) is 3.57. The molecule has 1 aromatic rings. The smallest absolute Gasteiger partial charge is 0.0587 e. The van der Waals surface area contributed by atoms with Crippen molar-refractivity contribution in [2.45, 2.75) is 37.6 Å². The number of ether oxygens (including phenoxy) is 1. The molecule has 1 fully saturated rings. The molecular weight excluding hydrogens is 210 g/mol. The molecule has 17 heavy (non-hydrogen) atoms. The molecule has 1 aromatic carbocycles. The van der Waals surface area contributed by atoms with Crippen molar-refractivity contribution in [3.63, 3.8) is 0 Å². The van der Waals surface area contributed by atoms with E-state index < -0.39 is 0 Å². The molecule has 1 saturated carbocycles. The van der Waals surface area contributed by atoms with E-state index in [1.165, 1.54) is 31.2 Å². The van der Waals surface area contributed by atoms with Crippen LogP contribution in [0.1, 0.15) is 37.2 Å². The lowest BCUT2D eigenvalue weighted by Gasteiger charge is -2.29. The zero-order chi connectivity index (χ0) is 11.9. The van der Waals surface area contributed by atoms with Crippen LogP contribution >= 0.6 is 0 Å². The fraction of sp³-hybridized carbons (Fsp3) is 0.600. The first-order valence-corrected chi connectivity index (χ1v) is 6.67. The highest BCUT2D eigenvalue weighted by Gasteiger charge is 2.21. The highest BCUT2D eigenvalue weighted by Crippen LogP contribution is 2.32. The summed E-state index contributed by atoms with van der Waals surface area (Å²) in [6.07, 6.45) is 5.22. The van der Waals surface area contributed by atoms with Crippen LogP contribution in [0.3, 0.4) is 0 Å². The third kappa shape index (κ3) is 3.83. The Morgan fingerprint density at radius 2 is 1.82 bits per heavy atom. The number of rotatable bonds is 5. The molecule has 0 heterocycles. The minimum Gasteiger partial charge on any atom is -0.383 e. The maximum atomic E-state index is 5.06. The van der Waals surface area contributed by atoms with Crippen LogP contribution < -0.4 is 5.32 Å². The first-order valence-electron chi connectivity index (χ1n) is 6.67. The highest BCUT2D eigenvalue weighted by molar-refractivity contribution is 5.20. The summed E-state index contributed by atoms with van der Waals surface area (Å²) in [6, 6.07) is 11.6. The Hall–Kier alpha value is -0.860. The third-order valence-electron chi connectivity index (χ3n) is 3.74. The number of benzene rings is 1. The van der Waals surface area contributed by atoms with Gasteiger partial charge in [0.1, 0.15) is 0 Å². The highest BCUT2D eigenvalue weighted by atomic mass is 16.5. The van der Waals surface area contributed by atoms with E-state index in [0.717, 1.165) is 19.1 Å². The fourth-order valence-corrected chi connectivity index (χ4v) is 2.72. The van der Waals surface area contributed by atoms with Crippen LogP contribution in [0.25, 0.3) is 0 Å². The molecule has 2 nitrogen and oxygen atoms in total. The Morgan fingerprint density at radius 3 is 2.47 bits per heavy atom. The van der Waals surface area contributed by atoms with Crippen LogP contribution in [-0.2, 0) is 4.74 Å². The van der Waals surface area contributed by atoms with E-state index in [4.69, 9.17) is 4.74 Å². The lowest BCUT2D eigenvalue weighted by molar-refractivity contribution is 0.191. The second-order valence-electron chi connectivity index (χ2n) is 4.91. The first-order chi connectivity index (χ1) is 8.40. The predicted molar refractivity (Wildman–Crippen MR) is 71.3 cm³/mol. The summed E-state index contributed by atoms with van der Waals surface area (Å²) >= 11 is 0. The molecule has 2 rings (SSSR count). The normalized spacial score (nSPS) is 24.8. The first kappa shape index (κ1) is 12.6. The summed E-state index contributed by atoms with van der Waals surface area (Å²) in [7, 11) is 1.76. The van der Waals surface area contributed by atoms with E-state index in [9.17, 15) is 0 Å². The molecular formula is C15H23NO. The molecule has 1 aliphatic carbocycles. The molecule has 94 valence electrons. The number of nitrogens with one attached hydrogen (secondary N) is 1. The van der Waals surface area contributed by atoms with Crippen molar-refractivity contribution in [3.8, 4) is 0 Å². The van der Waals surface area contributed by atoms with Gasteiger partial charge in [-0.2, -0.15) is 0 Å². The minimum atomic E-state index is 0.699. The van der Waals surface area contributed by atoms with Crippen molar-refractivity contribution in [2.75, 3.05) is 20.3 Å². The maximum absolute atomic E-state index is 5.06. The molecule has 2 heteroatoms. The average Bonchev–Trinajstić information content (AvgIpc) is 2.41. The van der Waals surface area contributed by atoms with Crippen LogP contribution in [-0.4, -0.2) is 26.3 Å². The summed E-state index contributed by atoms with van der Waals surface area (Å²) in [5.74, 6) is 0.775. The van der Waals surface area contributed by atoms with Gasteiger partial charge in [-0.25, -0.2) is 0 Å². The minimum absolute atomic E-state index is 0.699. The molecule has 1 N–H and O–H groups in total. The molecule has 0 aliphatic heterocycles. The van der Waals surface area contributed by atoms with Gasteiger partial charge in [-0.3, -0.25) is 0 Å². The van der Waals surface area contributed by atoms with E-state index in [1.807, 2.05) is 0 Å². The van der Waals surface area contributed by atoms with Gasteiger partial charge in [0.2, 0.25) is 0 Å². The van der Waals surface area contributed by atoms with Gasteiger partial charge in [0.25, 0.3) is 0 Å². The second kappa shape index (κ2) is 6.77. The molecule has 0 spiro atoms. The van der Waals surface area contributed by atoms with Crippen molar-refractivity contribution in [3.05, 3.63) is 35.9 Å². The van der Waals surface area contributed by atoms with Gasteiger partial charge in [0, 0.05) is 19.7 Å². The van der Waals surface area contributed by atoms with E-state index in [1.54, 1.807) is 7.11 Å². The van der Waals surface area contributed by atoms with Crippen molar-refractivity contribution >= 4 is 0 Å². The molecule has 0 amide bonds. The largest absolute Gasteiger partial charge is 0.383 e. The van der Waals surface area contributed by atoms with Crippen LogP contribution in [0.2, 0.25) is 0 Å².